The fourth-order valence-electron chi connectivity index (χ4n) is 3.63. The van der Waals surface area contributed by atoms with E-state index in [0.717, 1.165) is 33.4 Å². The third-order valence-corrected chi connectivity index (χ3v) is 7.47. The first kappa shape index (κ1) is 30.0. The third-order valence-electron chi connectivity index (χ3n) is 5.92. The minimum Gasteiger partial charge on any atom is -0.343 e. The van der Waals surface area contributed by atoms with Crippen LogP contribution in [-0.2, 0) is 4.79 Å². The Bertz CT molecular complexity index is 1420. The molecule has 0 bridgehead atoms. The molecule has 0 saturated heterocycles. The molecule has 1 aromatic carbocycles. The zero-order valence-corrected chi connectivity index (χ0v) is 25.9. The highest BCUT2D eigenvalue weighted by Crippen LogP contribution is 2.37. The van der Waals surface area contributed by atoms with Gasteiger partial charge in [0.1, 0.15) is 11.2 Å². The molecular weight excluding hydrogens is 535 g/mol. The van der Waals surface area contributed by atoms with E-state index in [1.165, 1.54) is 0 Å². The predicted octanol–water partition coefficient (Wildman–Crippen LogP) is 8.27. The number of amides is 1. The molecule has 1 amide bonds. The maximum atomic E-state index is 12.6. The molecule has 5 nitrogen and oxygen atoms in total. The standard InChI is InChI=1S/C26H26Cl2N4OS.C4H10/c1-15(2)8-7-9-18-11-13-21(34-18)23-16(3)22(24-29-25(33)26(4,5)31(24)6)30-32(23)20-12-10-17(27)14-19(20)28;1-4(2)3/h10-15H,8H2,1-6H3;4H,1-3H3. The summed E-state index contributed by atoms with van der Waals surface area (Å²) in [6.07, 6.45) is 0.852. The van der Waals surface area contributed by atoms with Crippen LogP contribution in [0.1, 0.15) is 71.0 Å². The molecule has 2 aromatic heterocycles. The number of nitrogens with zero attached hydrogens (tertiary/aromatic N) is 4. The average Bonchev–Trinajstić information content (AvgIpc) is 3.45. The van der Waals surface area contributed by atoms with Crippen molar-refractivity contribution in [1.82, 2.24) is 14.7 Å². The summed E-state index contributed by atoms with van der Waals surface area (Å²) in [4.78, 5) is 20.8. The zero-order valence-electron chi connectivity index (χ0n) is 23.6. The van der Waals surface area contributed by atoms with E-state index >= 15 is 0 Å². The second-order valence-corrected chi connectivity index (χ2v) is 12.9. The topological polar surface area (TPSA) is 50.5 Å². The molecule has 0 saturated carbocycles. The smallest absolute Gasteiger partial charge is 0.273 e. The van der Waals surface area contributed by atoms with E-state index in [4.69, 9.17) is 28.3 Å². The summed E-state index contributed by atoms with van der Waals surface area (Å²) in [6.45, 7) is 16.5. The van der Waals surface area contributed by atoms with Gasteiger partial charge >= 0.3 is 0 Å². The van der Waals surface area contributed by atoms with Crippen molar-refractivity contribution in [3.05, 3.63) is 56.5 Å². The lowest BCUT2D eigenvalue weighted by Crippen LogP contribution is -2.44. The minimum atomic E-state index is -0.730. The molecule has 4 rings (SSSR count). The Morgan fingerprint density at radius 2 is 1.74 bits per heavy atom. The molecular formula is C30H36Cl2N4OS. The van der Waals surface area contributed by atoms with E-state index in [-0.39, 0.29) is 5.91 Å². The molecule has 0 atom stereocenters. The van der Waals surface area contributed by atoms with E-state index in [1.807, 2.05) is 55.6 Å². The van der Waals surface area contributed by atoms with Gasteiger partial charge in [0.15, 0.2) is 5.84 Å². The fraction of sp³-hybridized carbons (Fsp3) is 0.433. The van der Waals surface area contributed by atoms with E-state index in [1.54, 1.807) is 23.5 Å². The lowest BCUT2D eigenvalue weighted by Gasteiger charge is -2.27. The van der Waals surface area contributed by atoms with Crippen LogP contribution in [0.4, 0.5) is 0 Å². The quantitative estimate of drug-likeness (QED) is 0.296. The zero-order chi connectivity index (χ0) is 28.4. The van der Waals surface area contributed by atoms with E-state index < -0.39 is 5.54 Å². The van der Waals surface area contributed by atoms with Gasteiger partial charge in [0.25, 0.3) is 5.91 Å². The third kappa shape index (κ3) is 6.51. The summed E-state index contributed by atoms with van der Waals surface area (Å²) in [6, 6.07) is 9.40. The number of hydrogen-bond acceptors (Lipinski definition) is 4. The van der Waals surface area contributed by atoms with Gasteiger partial charge in [-0.2, -0.15) is 10.1 Å². The van der Waals surface area contributed by atoms with Gasteiger partial charge in [-0.3, -0.25) is 4.79 Å². The fourth-order valence-corrected chi connectivity index (χ4v) is 5.08. The molecule has 0 unspecified atom stereocenters. The van der Waals surface area contributed by atoms with Crippen LogP contribution < -0.4 is 0 Å². The van der Waals surface area contributed by atoms with Crippen LogP contribution in [0.3, 0.4) is 0 Å². The first-order chi connectivity index (χ1) is 17.7. The molecule has 8 heteroatoms. The molecule has 1 aliphatic rings. The summed E-state index contributed by atoms with van der Waals surface area (Å²) in [7, 11) is 1.87. The van der Waals surface area contributed by atoms with Gasteiger partial charge in [-0.25, -0.2) is 4.68 Å². The van der Waals surface area contributed by atoms with Crippen LogP contribution in [0.15, 0.2) is 35.3 Å². The van der Waals surface area contributed by atoms with Crippen molar-refractivity contribution in [2.75, 3.05) is 7.05 Å². The molecule has 1 aliphatic heterocycles. The molecule has 202 valence electrons. The summed E-state index contributed by atoms with van der Waals surface area (Å²) < 4.78 is 1.81. The van der Waals surface area contributed by atoms with Crippen LogP contribution >= 0.6 is 34.5 Å². The lowest BCUT2D eigenvalue weighted by atomic mass is 10.0. The molecule has 3 heterocycles. The lowest BCUT2D eigenvalue weighted by molar-refractivity contribution is -0.123. The van der Waals surface area contributed by atoms with Crippen molar-refractivity contribution in [1.29, 1.82) is 0 Å². The largest absolute Gasteiger partial charge is 0.343 e. The SMILES string of the molecule is CC(C)C.Cc1c(C2=NC(=O)C(C)(C)N2C)nn(-c2ccc(Cl)cc2Cl)c1-c1ccc(C#CCC(C)C)s1. The predicted molar refractivity (Wildman–Crippen MR) is 162 cm³/mol. The van der Waals surface area contributed by atoms with E-state index in [2.05, 4.69) is 51.5 Å². The van der Waals surface area contributed by atoms with E-state index in [0.29, 0.717) is 33.2 Å². The number of benzene rings is 1. The van der Waals surface area contributed by atoms with Crippen molar-refractivity contribution < 1.29 is 4.79 Å². The van der Waals surface area contributed by atoms with Crippen molar-refractivity contribution in [2.45, 2.75) is 67.3 Å². The van der Waals surface area contributed by atoms with Crippen molar-refractivity contribution in [3.63, 3.8) is 0 Å². The number of aliphatic imine (C=N–C) groups is 1. The van der Waals surface area contributed by atoms with Gasteiger partial charge in [-0.15, -0.1) is 11.3 Å². The Labute approximate surface area is 240 Å². The van der Waals surface area contributed by atoms with Crippen molar-refractivity contribution in [3.8, 4) is 28.1 Å². The Kier molecular flexibility index (Phi) is 9.52. The van der Waals surface area contributed by atoms with Crippen molar-refractivity contribution in [2.24, 2.45) is 16.8 Å². The van der Waals surface area contributed by atoms with Gasteiger partial charge in [0.2, 0.25) is 0 Å². The number of thiophene rings is 1. The van der Waals surface area contributed by atoms with Crippen molar-refractivity contribution >= 4 is 46.3 Å². The summed E-state index contributed by atoms with van der Waals surface area (Å²) >= 11 is 14.3. The highest BCUT2D eigenvalue weighted by molar-refractivity contribution is 7.16. The molecule has 3 aromatic rings. The average molecular weight is 572 g/mol. The van der Waals surface area contributed by atoms with Crippen LogP contribution in [0.25, 0.3) is 16.3 Å². The van der Waals surface area contributed by atoms with Gasteiger partial charge in [0.05, 0.1) is 26.2 Å². The van der Waals surface area contributed by atoms with Gasteiger partial charge in [-0.1, -0.05) is 69.7 Å². The van der Waals surface area contributed by atoms with Gasteiger partial charge in [0, 0.05) is 24.1 Å². The van der Waals surface area contributed by atoms with Crippen LogP contribution in [-0.4, -0.2) is 39.0 Å². The maximum absolute atomic E-state index is 12.6. The summed E-state index contributed by atoms with van der Waals surface area (Å²) in [5, 5.41) is 5.94. The number of amidine groups is 1. The number of halogens is 2. The molecule has 0 fully saturated rings. The number of hydrogen-bond donors (Lipinski definition) is 0. The second kappa shape index (κ2) is 12.1. The first-order valence-electron chi connectivity index (χ1n) is 12.8. The normalized spacial score (nSPS) is 14.4. The number of aromatic nitrogens is 2. The molecule has 0 N–H and O–H groups in total. The Hall–Kier alpha value is -2.59. The number of carbonyl (C=O) groups excluding carboxylic acids is 1. The Morgan fingerprint density at radius 1 is 1.08 bits per heavy atom. The highest BCUT2D eigenvalue weighted by Gasteiger charge is 2.42. The maximum Gasteiger partial charge on any atom is 0.273 e. The summed E-state index contributed by atoms with van der Waals surface area (Å²) in [5.74, 6) is 8.24. The Balaban J connectivity index is 0.000000934. The molecule has 0 spiro atoms. The summed E-state index contributed by atoms with van der Waals surface area (Å²) in [5.41, 5.74) is 2.40. The number of rotatable bonds is 4. The van der Waals surface area contributed by atoms with Crippen LogP contribution in [0.5, 0.6) is 0 Å². The van der Waals surface area contributed by atoms with Gasteiger partial charge < -0.3 is 4.90 Å². The van der Waals surface area contributed by atoms with E-state index in [9.17, 15) is 4.79 Å². The molecule has 0 aliphatic carbocycles. The van der Waals surface area contributed by atoms with Crippen LogP contribution in [0, 0.1) is 30.6 Å². The monoisotopic (exact) mass is 570 g/mol. The molecule has 38 heavy (non-hydrogen) atoms. The van der Waals surface area contributed by atoms with Crippen LogP contribution in [0.2, 0.25) is 10.0 Å². The highest BCUT2D eigenvalue weighted by atomic mass is 35.5. The number of carbonyl (C=O) groups is 1. The first-order valence-corrected chi connectivity index (χ1v) is 14.3. The minimum absolute atomic E-state index is 0.191. The molecule has 0 radical (unpaired) electrons. The Morgan fingerprint density at radius 3 is 2.29 bits per heavy atom. The number of likely N-dealkylation sites (N-methyl/N-ethyl adjacent to an activating group) is 1. The van der Waals surface area contributed by atoms with Gasteiger partial charge in [-0.05, 0) is 62.9 Å². The second-order valence-electron chi connectivity index (χ2n) is 11.0.